The van der Waals surface area contributed by atoms with E-state index in [2.05, 4.69) is 22.6 Å². The molecule has 0 bridgehead atoms. The lowest BCUT2D eigenvalue weighted by atomic mass is 9.98. The van der Waals surface area contributed by atoms with Crippen molar-refractivity contribution < 1.29 is 13.2 Å². The van der Waals surface area contributed by atoms with E-state index < -0.39 is 15.9 Å². The van der Waals surface area contributed by atoms with Gasteiger partial charge in [-0.2, -0.15) is 0 Å². The second-order valence-corrected chi connectivity index (χ2v) is 11.2. The number of fused-ring (bicyclic) bond motifs is 1. The Hall–Kier alpha value is -2.58. The van der Waals surface area contributed by atoms with Gasteiger partial charge in [-0.05, 0) is 66.1 Å². The average Bonchev–Trinajstić information content (AvgIpc) is 2.80. The minimum Gasteiger partial charge on any atom is -0.334 e. The standard InChI is InChI=1S/C25H25Cl2N3O3S/c1-30-12-11-18-13-17(5-6-20(18)15-30)16-34(32,33)22-9-7-21(8-10-22)29-25(31)28-14-19-3-2-4-23(26)24(19)27/h2-10,13H,11-12,14-16H2,1H3,(H2,28,29,31). The van der Waals surface area contributed by atoms with Gasteiger partial charge in [0.25, 0.3) is 0 Å². The smallest absolute Gasteiger partial charge is 0.319 e. The molecule has 9 heteroatoms. The van der Waals surface area contributed by atoms with Crippen LogP contribution in [0.3, 0.4) is 0 Å². The van der Waals surface area contributed by atoms with Crippen molar-refractivity contribution in [3.05, 3.63) is 93.0 Å². The lowest BCUT2D eigenvalue weighted by Crippen LogP contribution is -2.28. The van der Waals surface area contributed by atoms with Crippen LogP contribution in [0.25, 0.3) is 0 Å². The maximum absolute atomic E-state index is 12.9. The first-order valence-electron chi connectivity index (χ1n) is 10.8. The van der Waals surface area contributed by atoms with Gasteiger partial charge >= 0.3 is 6.03 Å². The van der Waals surface area contributed by atoms with E-state index in [1.807, 2.05) is 18.2 Å². The molecule has 0 spiro atoms. The lowest BCUT2D eigenvalue weighted by molar-refractivity contribution is 0.251. The van der Waals surface area contributed by atoms with Crippen LogP contribution in [0.15, 0.2) is 65.6 Å². The number of hydrogen-bond donors (Lipinski definition) is 2. The molecule has 0 radical (unpaired) electrons. The number of amides is 2. The highest BCUT2D eigenvalue weighted by Crippen LogP contribution is 2.26. The molecule has 6 nitrogen and oxygen atoms in total. The summed E-state index contributed by atoms with van der Waals surface area (Å²) in [4.78, 5) is 14.7. The Kier molecular flexibility index (Phi) is 7.48. The van der Waals surface area contributed by atoms with Gasteiger partial charge in [-0.25, -0.2) is 13.2 Å². The monoisotopic (exact) mass is 517 g/mol. The summed E-state index contributed by atoms with van der Waals surface area (Å²) in [5.74, 6) is -0.0657. The molecule has 2 N–H and O–H groups in total. The Labute approximate surface area is 209 Å². The summed E-state index contributed by atoms with van der Waals surface area (Å²) in [5.41, 5.74) is 4.42. The summed E-state index contributed by atoms with van der Waals surface area (Å²) >= 11 is 12.1. The minimum absolute atomic E-state index is 0.0657. The molecule has 178 valence electrons. The van der Waals surface area contributed by atoms with E-state index in [1.54, 1.807) is 30.3 Å². The first kappa shape index (κ1) is 24.5. The van der Waals surface area contributed by atoms with Crippen molar-refractivity contribution in [1.82, 2.24) is 10.2 Å². The summed E-state index contributed by atoms with van der Waals surface area (Å²) in [7, 11) is -1.44. The summed E-state index contributed by atoms with van der Waals surface area (Å²) < 4.78 is 25.9. The number of nitrogens with one attached hydrogen (secondary N) is 2. The highest BCUT2D eigenvalue weighted by molar-refractivity contribution is 7.90. The number of hydrogen-bond acceptors (Lipinski definition) is 4. The summed E-state index contributed by atoms with van der Waals surface area (Å²) in [6, 6.07) is 16.8. The van der Waals surface area contributed by atoms with Crippen molar-refractivity contribution in [3.8, 4) is 0 Å². The molecule has 1 aliphatic heterocycles. The van der Waals surface area contributed by atoms with Crippen molar-refractivity contribution in [2.45, 2.75) is 30.2 Å². The quantitative estimate of drug-likeness (QED) is 0.466. The molecule has 34 heavy (non-hydrogen) atoms. The topological polar surface area (TPSA) is 78.5 Å². The zero-order valence-electron chi connectivity index (χ0n) is 18.6. The number of carbonyl (C=O) groups is 1. The van der Waals surface area contributed by atoms with Gasteiger partial charge in [0.15, 0.2) is 9.84 Å². The number of sulfone groups is 1. The molecule has 0 atom stereocenters. The number of benzene rings is 3. The molecule has 1 aliphatic rings. The molecule has 0 fully saturated rings. The normalized spacial score (nSPS) is 13.9. The fraction of sp³-hybridized carbons (Fsp3) is 0.240. The van der Waals surface area contributed by atoms with Gasteiger partial charge in [-0.1, -0.05) is 53.5 Å². The van der Waals surface area contributed by atoms with Gasteiger partial charge in [-0.15, -0.1) is 0 Å². The number of likely N-dealkylation sites (N-methyl/N-ethyl adjacent to an activating group) is 1. The SMILES string of the molecule is CN1CCc2cc(CS(=O)(=O)c3ccc(NC(=O)NCc4cccc(Cl)c4Cl)cc3)ccc2C1. The first-order valence-corrected chi connectivity index (χ1v) is 13.2. The molecule has 0 saturated heterocycles. The van der Waals surface area contributed by atoms with E-state index in [-0.39, 0.29) is 17.2 Å². The zero-order chi connectivity index (χ0) is 24.3. The van der Waals surface area contributed by atoms with E-state index in [0.29, 0.717) is 21.3 Å². The predicted octanol–water partition coefficient (Wildman–Crippen LogP) is 5.28. The molecular weight excluding hydrogens is 493 g/mol. The molecule has 2 amide bonds. The Bertz CT molecular complexity index is 1310. The minimum atomic E-state index is -3.52. The van der Waals surface area contributed by atoms with Crippen LogP contribution >= 0.6 is 23.2 Å². The number of carbonyl (C=O) groups excluding carboxylic acids is 1. The lowest BCUT2D eigenvalue weighted by Gasteiger charge is -2.25. The van der Waals surface area contributed by atoms with Gasteiger partial charge in [0, 0.05) is 25.3 Å². The van der Waals surface area contributed by atoms with Crippen molar-refractivity contribution in [2.75, 3.05) is 18.9 Å². The molecule has 0 unspecified atom stereocenters. The molecule has 3 aromatic rings. The number of urea groups is 1. The Morgan fingerprint density at radius 3 is 2.56 bits per heavy atom. The molecule has 0 aromatic heterocycles. The van der Waals surface area contributed by atoms with Gasteiger partial charge < -0.3 is 15.5 Å². The van der Waals surface area contributed by atoms with Crippen LogP contribution in [0.4, 0.5) is 10.5 Å². The van der Waals surface area contributed by atoms with E-state index in [4.69, 9.17) is 23.2 Å². The van der Waals surface area contributed by atoms with E-state index in [0.717, 1.165) is 25.1 Å². The first-order chi connectivity index (χ1) is 16.2. The third-order valence-corrected chi connectivity index (χ3v) is 8.33. The average molecular weight is 518 g/mol. The van der Waals surface area contributed by atoms with Crippen LogP contribution < -0.4 is 10.6 Å². The maximum Gasteiger partial charge on any atom is 0.319 e. The Balaban J connectivity index is 1.36. The van der Waals surface area contributed by atoms with Crippen LogP contribution in [-0.2, 0) is 35.1 Å². The molecule has 3 aromatic carbocycles. The fourth-order valence-corrected chi connectivity index (χ4v) is 5.64. The third-order valence-electron chi connectivity index (χ3n) is 5.77. The van der Waals surface area contributed by atoms with Gasteiger partial charge in [0.05, 0.1) is 20.7 Å². The van der Waals surface area contributed by atoms with Crippen LogP contribution in [0.2, 0.25) is 10.0 Å². The summed E-state index contributed by atoms with van der Waals surface area (Å²) in [6.07, 6.45) is 0.922. The van der Waals surface area contributed by atoms with E-state index in [1.165, 1.54) is 23.3 Å². The molecule has 4 rings (SSSR count). The van der Waals surface area contributed by atoms with Crippen molar-refractivity contribution >= 4 is 44.8 Å². The number of halogens is 2. The number of nitrogens with zero attached hydrogens (tertiary/aromatic N) is 1. The Morgan fingerprint density at radius 2 is 1.79 bits per heavy atom. The van der Waals surface area contributed by atoms with Crippen molar-refractivity contribution in [3.63, 3.8) is 0 Å². The van der Waals surface area contributed by atoms with Gasteiger partial charge in [-0.3, -0.25) is 0 Å². The molecule has 1 heterocycles. The van der Waals surface area contributed by atoms with Crippen LogP contribution in [0, 0.1) is 0 Å². The summed E-state index contributed by atoms with van der Waals surface area (Å²) in [6.45, 7) is 2.06. The van der Waals surface area contributed by atoms with E-state index >= 15 is 0 Å². The highest BCUT2D eigenvalue weighted by Gasteiger charge is 2.18. The third kappa shape index (κ3) is 5.91. The van der Waals surface area contributed by atoms with Crippen molar-refractivity contribution in [1.29, 1.82) is 0 Å². The molecule has 0 aliphatic carbocycles. The van der Waals surface area contributed by atoms with Crippen LogP contribution in [-0.4, -0.2) is 32.9 Å². The molecule has 0 saturated carbocycles. The zero-order valence-corrected chi connectivity index (χ0v) is 21.0. The van der Waals surface area contributed by atoms with Crippen molar-refractivity contribution in [2.24, 2.45) is 0 Å². The fourth-order valence-electron chi connectivity index (χ4n) is 3.92. The van der Waals surface area contributed by atoms with Gasteiger partial charge in [0.2, 0.25) is 0 Å². The largest absolute Gasteiger partial charge is 0.334 e. The predicted molar refractivity (Wildman–Crippen MR) is 136 cm³/mol. The van der Waals surface area contributed by atoms with Crippen LogP contribution in [0.5, 0.6) is 0 Å². The molecular formula is C25H25Cl2N3O3S. The highest BCUT2D eigenvalue weighted by atomic mass is 35.5. The van der Waals surface area contributed by atoms with Gasteiger partial charge in [0.1, 0.15) is 0 Å². The van der Waals surface area contributed by atoms with E-state index in [9.17, 15) is 13.2 Å². The summed E-state index contributed by atoms with van der Waals surface area (Å²) in [5, 5.41) is 6.21. The Morgan fingerprint density at radius 1 is 1.03 bits per heavy atom. The number of rotatable bonds is 6. The maximum atomic E-state index is 12.9. The van der Waals surface area contributed by atoms with Crippen LogP contribution in [0.1, 0.15) is 22.3 Å². The second-order valence-electron chi connectivity index (χ2n) is 8.39. The second kappa shape index (κ2) is 10.4. The number of anilines is 1.